The molecular formula is C43H40N20O4. The lowest BCUT2D eigenvalue weighted by Crippen LogP contribution is -2.57. The van der Waals surface area contributed by atoms with Gasteiger partial charge in [-0.1, -0.05) is 97.1 Å². The number of nitrogen functional groups attached to an aromatic ring is 8. The van der Waals surface area contributed by atoms with Crippen molar-refractivity contribution in [1.29, 1.82) is 0 Å². The van der Waals surface area contributed by atoms with E-state index < -0.39 is 17.0 Å². The zero-order valence-electron chi connectivity index (χ0n) is 35.2. The quantitative estimate of drug-likeness (QED) is 0.108. The summed E-state index contributed by atoms with van der Waals surface area (Å²) >= 11 is 0. The van der Waals surface area contributed by atoms with E-state index in [4.69, 9.17) is 64.8 Å². The first-order chi connectivity index (χ1) is 32.3. The van der Waals surface area contributed by atoms with E-state index in [1.807, 2.05) is 97.1 Å². The average molecular weight is 901 g/mol. The van der Waals surface area contributed by atoms with Crippen molar-refractivity contribution in [3.05, 3.63) is 119 Å². The molecule has 24 nitrogen and oxygen atoms in total. The summed E-state index contributed by atoms with van der Waals surface area (Å²) in [6.45, 7) is 0.595. The predicted octanol–water partition coefficient (Wildman–Crippen LogP) is 1.93. The van der Waals surface area contributed by atoms with Gasteiger partial charge in [-0.15, -0.1) is 0 Å². The van der Waals surface area contributed by atoms with Crippen LogP contribution in [-0.2, 0) is 30.5 Å². The van der Waals surface area contributed by atoms with Gasteiger partial charge in [0.2, 0.25) is 59.2 Å². The van der Waals surface area contributed by atoms with Gasteiger partial charge in [-0.25, -0.2) is 0 Å². The van der Waals surface area contributed by atoms with Crippen LogP contribution >= 0.6 is 0 Å². The standard InChI is InChI=1S/C43H40N20O4/c44-33-52-29(53-34(45)60-33)21-1-9-25(10-2-21)42(26-11-3-22(4-12-26)30-54-35(46)61-36(47)55-30)64-17-41(18-65-42)19-66-43(67-20-41,27-13-5-23(6-14-27)31-56-37(48)62-38(49)57-31)28-15-7-24(8-16-28)32-58-39(50)63-40(51)59-32/h1-16H,17-20H2,(H4,44,45,52,53,60)(H4,46,47,54,55,61)(H4,48,49,56,57,62)(H4,50,51,58,59,63). The number of rotatable bonds is 8. The Morgan fingerprint density at radius 1 is 0.269 bits per heavy atom. The van der Waals surface area contributed by atoms with Crippen molar-refractivity contribution in [3.8, 4) is 45.6 Å². The number of anilines is 8. The van der Waals surface area contributed by atoms with Gasteiger partial charge in [0.25, 0.3) is 0 Å². The van der Waals surface area contributed by atoms with Gasteiger partial charge in [0.1, 0.15) is 0 Å². The highest BCUT2D eigenvalue weighted by Gasteiger charge is 2.53. The van der Waals surface area contributed by atoms with Crippen LogP contribution in [0, 0.1) is 5.41 Å². The summed E-state index contributed by atoms with van der Waals surface area (Å²) in [4.78, 5) is 49.5. The molecule has 4 aromatic heterocycles. The molecule has 2 aliphatic heterocycles. The Morgan fingerprint density at radius 3 is 0.627 bits per heavy atom. The molecule has 67 heavy (non-hydrogen) atoms. The lowest BCUT2D eigenvalue weighted by atomic mass is 9.85. The summed E-state index contributed by atoms with van der Waals surface area (Å²) < 4.78 is 27.7. The minimum Gasteiger partial charge on any atom is -0.368 e. The number of hydrogen-bond acceptors (Lipinski definition) is 24. The highest BCUT2D eigenvalue weighted by Crippen LogP contribution is 2.48. The molecule has 6 heterocycles. The molecule has 8 aromatic rings. The first-order valence-corrected chi connectivity index (χ1v) is 20.3. The first kappa shape index (κ1) is 42.1. The lowest BCUT2D eigenvalue weighted by Gasteiger charge is -2.51. The minimum atomic E-state index is -1.42. The molecule has 2 saturated heterocycles. The minimum absolute atomic E-state index is 0.00409. The van der Waals surface area contributed by atoms with Crippen LogP contribution in [0.2, 0.25) is 0 Å². The van der Waals surface area contributed by atoms with Crippen molar-refractivity contribution in [3.63, 3.8) is 0 Å². The Kier molecular flexibility index (Phi) is 10.3. The van der Waals surface area contributed by atoms with Gasteiger partial charge in [0, 0.05) is 44.5 Å². The molecule has 10 rings (SSSR count). The topological polar surface area (TPSA) is 400 Å². The second kappa shape index (κ2) is 16.3. The third kappa shape index (κ3) is 8.03. The van der Waals surface area contributed by atoms with E-state index in [0.717, 1.165) is 0 Å². The van der Waals surface area contributed by atoms with Crippen LogP contribution in [0.15, 0.2) is 97.1 Å². The van der Waals surface area contributed by atoms with Gasteiger partial charge in [0.05, 0.1) is 31.8 Å². The van der Waals surface area contributed by atoms with Crippen LogP contribution in [0.5, 0.6) is 0 Å². The van der Waals surface area contributed by atoms with E-state index in [0.29, 0.717) is 67.8 Å². The van der Waals surface area contributed by atoms with Crippen molar-refractivity contribution in [2.45, 2.75) is 11.6 Å². The molecule has 4 aromatic carbocycles. The van der Waals surface area contributed by atoms with Gasteiger partial charge < -0.3 is 64.8 Å². The van der Waals surface area contributed by atoms with Crippen molar-refractivity contribution < 1.29 is 18.9 Å². The van der Waals surface area contributed by atoms with Gasteiger partial charge in [-0.3, -0.25) is 0 Å². The third-order valence-corrected chi connectivity index (χ3v) is 11.1. The van der Waals surface area contributed by atoms with Crippen molar-refractivity contribution in [2.24, 2.45) is 5.41 Å². The SMILES string of the molecule is Nc1nc(N)nc(-c2ccc(C3(c4ccc(-c5nc(N)nc(N)n5)cc4)OCC4(CO3)COC(c3ccc(-c5nc(N)nc(N)n5)cc3)(c3ccc(-c5nc(N)nc(N)n5)cc3)OC4)cc2)n1. The summed E-state index contributed by atoms with van der Waals surface area (Å²) in [6, 6.07) is 29.4. The third-order valence-electron chi connectivity index (χ3n) is 11.1. The molecule has 0 bridgehead atoms. The molecule has 0 amide bonds. The zero-order chi connectivity index (χ0) is 46.5. The second-order valence-corrected chi connectivity index (χ2v) is 15.7. The van der Waals surface area contributed by atoms with E-state index in [-0.39, 0.29) is 74.0 Å². The fraction of sp³-hybridized carbons (Fsp3) is 0.163. The maximum Gasteiger partial charge on any atom is 0.225 e. The van der Waals surface area contributed by atoms with Crippen LogP contribution in [0.1, 0.15) is 22.3 Å². The Labute approximate surface area is 379 Å². The molecule has 2 fully saturated rings. The van der Waals surface area contributed by atoms with E-state index >= 15 is 0 Å². The van der Waals surface area contributed by atoms with E-state index in [1.165, 1.54) is 0 Å². The summed E-state index contributed by atoms with van der Waals surface area (Å²) in [5.74, 6) is -1.64. The van der Waals surface area contributed by atoms with E-state index in [2.05, 4.69) is 59.8 Å². The van der Waals surface area contributed by atoms with Crippen LogP contribution in [0.4, 0.5) is 47.6 Å². The molecule has 0 aliphatic carbocycles. The molecule has 0 saturated carbocycles. The van der Waals surface area contributed by atoms with Crippen LogP contribution in [0.25, 0.3) is 45.6 Å². The summed E-state index contributed by atoms with van der Waals surface area (Å²) in [7, 11) is 0. The molecule has 0 atom stereocenters. The molecular weight excluding hydrogens is 861 g/mol. The maximum absolute atomic E-state index is 6.92. The molecule has 16 N–H and O–H groups in total. The van der Waals surface area contributed by atoms with Crippen LogP contribution in [-0.4, -0.2) is 86.2 Å². The highest BCUT2D eigenvalue weighted by atomic mass is 16.7. The maximum atomic E-state index is 6.92. The van der Waals surface area contributed by atoms with Gasteiger partial charge in [0.15, 0.2) is 23.3 Å². The normalized spacial score (nSPS) is 16.1. The molecule has 1 spiro atoms. The fourth-order valence-electron chi connectivity index (χ4n) is 7.86. The molecule has 24 heteroatoms. The first-order valence-electron chi connectivity index (χ1n) is 20.3. The second-order valence-electron chi connectivity index (χ2n) is 15.7. The van der Waals surface area contributed by atoms with Crippen molar-refractivity contribution in [2.75, 3.05) is 72.3 Å². The summed E-state index contributed by atoms with van der Waals surface area (Å²) in [6.07, 6.45) is 0. The van der Waals surface area contributed by atoms with Crippen LogP contribution in [0.3, 0.4) is 0 Å². The highest BCUT2D eigenvalue weighted by molar-refractivity contribution is 5.62. The predicted molar refractivity (Wildman–Crippen MR) is 244 cm³/mol. The number of aromatic nitrogens is 12. The Balaban J connectivity index is 0.973. The Morgan fingerprint density at radius 2 is 0.448 bits per heavy atom. The number of nitrogens with two attached hydrogens (primary N) is 8. The van der Waals surface area contributed by atoms with Crippen LogP contribution < -0.4 is 45.9 Å². The number of nitrogens with zero attached hydrogens (tertiary/aromatic N) is 12. The van der Waals surface area contributed by atoms with Gasteiger partial charge in [-0.05, 0) is 0 Å². The lowest BCUT2D eigenvalue weighted by molar-refractivity contribution is -0.357. The summed E-state index contributed by atoms with van der Waals surface area (Å²) in [5, 5.41) is 0. The largest absolute Gasteiger partial charge is 0.368 e. The average Bonchev–Trinajstić information content (AvgIpc) is 3.31. The molecule has 0 radical (unpaired) electrons. The zero-order valence-corrected chi connectivity index (χ0v) is 35.2. The van der Waals surface area contributed by atoms with E-state index in [9.17, 15) is 0 Å². The van der Waals surface area contributed by atoms with Gasteiger partial charge >= 0.3 is 0 Å². The number of benzene rings is 4. The summed E-state index contributed by atoms with van der Waals surface area (Å²) in [5.41, 5.74) is 51.5. The van der Waals surface area contributed by atoms with Crippen molar-refractivity contribution in [1.82, 2.24) is 59.8 Å². The molecule has 0 unspecified atom stereocenters. The monoisotopic (exact) mass is 900 g/mol. The number of ether oxygens (including phenoxy) is 4. The van der Waals surface area contributed by atoms with Crippen molar-refractivity contribution >= 4 is 47.6 Å². The fourth-order valence-corrected chi connectivity index (χ4v) is 7.86. The Hall–Kier alpha value is -8.84. The molecule has 2 aliphatic rings. The molecule has 336 valence electrons. The Bertz CT molecular complexity index is 2640. The van der Waals surface area contributed by atoms with Gasteiger partial charge in [-0.2, -0.15) is 59.8 Å². The number of hydrogen-bond donors (Lipinski definition) is 8. The smallest absolute Gasteiger partial charge is 0.225 e. The van der Waals surface area contributed by atoms with E-state index in [1.54, 1.807) is 0 Å².